The van der Waals surface area contributed by atoms with Gasteiger partial charge >= 0.3 is 5.97 Å². The lowest BCUT2D eigenvalue weighted by atomic mass is 10.1. The molecular weight excluding hydrogens is 310 g/mol. The Labute approximate surface area is 118 Å². The van der Waals surface area contributed by atoms with Gasteiger partial charge in [-0.3, -0.25) is 4.79 Å². The highest BCUT2D eigenvalue weighted by molar-refractivity contribution is 9.10. The molecule has 0 unspecified atom stereocenters. The van der Waals surface area contributed by atoms with Crippen molar-refractivity contribution in [3.63, 3.8) is 0 Å². The van der Waals surface area contributed by atoms with E-state index in [1.165, 1.54) is 12.2 Å². The number of carbonyl (C=O) groups excluding carboxylic acids is 2. The maximum Gasteiger partial charge on any atom is 0.365 e. The summed E-state index contributed by atoms with van der Waals surface area (Å²) >= 11 is 3.28. The van der Waals surface area contributed by atoms with E-state index in [-0.39, 0.29) is 5.78 Å². The standard InChI is InChI=1S/C14H10BrNO3/c1-9-8-12(6-7-13(9)17)16-19-14(18)10-2-4-11(15)5-3-10/h2-8H,1H3/b16-12-. The molecule has 1 aliphatic carbocycles. The molecule has 1 aliphatic rings. The Hall–Kier alpha value is -2.01. The van der Waals surface area contributed by atoms with E-state index in [1.807, 2.05) is 0 Å². The number of oxime groups is 1. The summed E-state index contributed by atoms with van der Waals surface area (Å²) in [4.78, 5) is 27.7. The SMILES string of the molecule is CC1=C/C(=N\OC(=O)c2ccc(Br)cc2)C=CC1=O. The number of hydrogen-bond acceptors (Lipinski definition) is 4. The van der Waals surface area contributed by atoms with Crippen LogP contribution in [0.1, 0.15) is 17.3 Å². The molecule has 0 aliphatic heterocycles. The second-order valence-electron chi connectivity index (χ2n) is 3.93. The Kier molecular flexibility index (Phi) is 4.06. The average molecular weight is 320 g/mol. The monoisotopic (exact) mass is 319 g/mol. The van der Waals surface area contributed by atoms with Crippen molar-refractivity contribution in [1.82, 2.24) is 0 Å². The van der Waals surface area contributed by atoms with Crippen LogP contribution in [-0.4, -0.2) is 17.5 Å². The Balaban J connectivity index is 2.07. The van der Waals surface area contributed by atoms with Crippen LogP contribution in [0.3, 0.4) is 0 Å². The quantitative estimate of drug-likeness (QED) is 0.478. The molecular formula is C14H10BrNO3. The molecule has 1 aromatic rings. The van der Waals surface area contributed by atoms with Gasteiger partial charge in [0.2, 0.25) is 0 Å². The number of rotatable bonds is 2. The van der Waals surface area contributed by atoms with Gasteiger partial charge in [-0.1, -0.05) is 21.1 Å². The maximum absolute atomic E-state index is 11.7. The first-order valence-corrected chi connectivity index (χ1v) is 6.31. The molecule has 0 bridgehead atoms. The molecule has 0 spiro atoms. The van der Waals surface area contributed by atoms with Crippen LogP contribution in [0.25, 0.3) is 0 Å². The largest absolute Gasteiger partial charge is 0.365 e. The maximum atomic E-state index is 11.7. The van der Waals surface area contributed by atoms with Crippen molar-refractivity contribution >= 4 is 33.4 Å². The Morgan fingerprint density at radius 1 is 1.21 bits per heavy atom. The van der Waals surface area contributed by atoms with Gasteiger partial charge in [0.1, 0.15) is 5.71 Å². The molecule has 0 amide bonds. The number of hydrogen-bond donors (Lipinski definition) is 0. The Bertz CT molecular complexity index is 612. The predicted molar refractivity (Wildman–Crippen MR) is 74.9 cm³/mol. The van der Waals surface area contributed by atoms with Gasteiger partial charge in [0, 0.05) is 4.47 Å². The van der Waals surface area contributed by atoms with Crippen molar-refractivity contribution in [2.45, 2.75) is 6.92 Å². The first-order valence-electron chi connectivity index (χ1n) is 5.52. The summed E-state index contributed by atoms with van der Waals surface area (Å²) in [6, 6.07) is 6.75. The predicted octanol–water partition coefficient (Wildman–Crippen LogP) is 3.05. The Morgan fingerprint density at radius 3 is 2.53 bits per heavy atom. The van der Waals surface area contributed by atoms with Crippen molar-refractivity contribution in [3.05, 3.63) is 58.1 Å². The van der Waals surface area contributed by atoms with Gasteiger partial charge in [-0.05, 0) is 55.0 Å². The number of halogens is 1. The molecule has 19 heavy (non-hydrogen) atoms. The zero-order chi connectivity index (χ0) is 13.8. The highest BCUT2D eigenvalue weighted by atomic mass is 79.9. The van der Waals surface area contributed by atoms with E-state index in [0.717, 1.165) is 4.47 Å². The van der Waals surface area contributed by atoms with Crippen LogP contribution >= 0.6 is 15.9 Å². The number of carbonyl (C=O) groups is 2. The third-order valence-electron chi connectivity index (χ3n) is 2.47. The third kappa shape index (κ3) is 3.48. The fourth-order valence-corrected chi connectivity index (χ4v) is 1.69. The molecule has 0 heterocycles. The van der Waals surface area contributed by atoms with Gasteiger partial charge in [0.05, 0.1) is 5.56 Å². The van der Waals surface area contributed by atoms with Crippen molar-refractivity contribution in [1.29, 1.82) is 0 Å². The average Bonchev–Trinajstić information content (AvgIpc) is 2.40. The van der Waals surface area contributed by atoms with Gasteiger partial charge in [-0.15, -0.1) is 0 Å². The Morgan fingerprint density at radius 2 is 1.89 bits per heavy atom. The zero-order valence-electron chi connectivity index (χ0n) is 10.1. The number of ketones is 1. The second-order valence-corrected chi connectivity index (χ2v) is 4.84. The number of allylic oxidation sites excluding steroid dienone is 4. The normalized spacial score (nSPS) is 16.4. The molecule has 0 N–H and O–H groups in total. The van der Waals surface area contributed by atoms with Crippen LogP contribution in [0.15, 0.2) is 57.7 Å². The van der Waals surface area contributed by atoms with Gasteiger partial charge in [0.25, 0.3) is 0 Å². The number of benzene rings is 1. The summed E-state index contributed by atoms with van der Waals surface area (Å²) in [6.07, 6.45) is 4.46. The molecule has 0 fully saturated rings. The molecule has 0 saturated carbocycles. The van der Waals surface area contributed by atoms with E-state index in [4.69, 9.17) is 4.84 Å². The third-order valence-corrected chi connectivity index (χ3v) is 3.00. The smallest absolute Gasteiger partial charge is 0.312 e. The van der Waals surface area contributed by atoms with Gasteiger partial charge in [-0.2, -0.15) is 0 Å². The molecule has 1 aromatic carbocycles. The molecule has 0 saturated heterocycles. The minimum atomic E-state index is -0.545. The van der Waals surface area contributed by atoms with Crippen molar-refractivity contribution in [2.24, 2.45) is 5.16 Å². The number of nitrogens with zero attached hydrogens (tertiary/aromatic N) is 1. The van der Waals surface area contributed by atoms with Crippen LogP contribution < -0.4 is 0 Å². The van der Waals surface area contributed by atoms with E-state index in [1.54, 1.807) is 37.3 Å². The molecule has 96 valence electrons. The summed E-state index contributed by atoms with van der Waals surface area (Å²) in [7, 11) is 0. The summed E-state index contributed by atoms with van der Waals surface area (Å²) in [5.41, 5.74) is 1.40. The van der Waals surface area contributed by atoms with E-state index < -0.39 is 5.97 Å². The molecule has 0 aromatic heterocycles. The van der Waals surface area contributed by atoms with E-state index in [0.29, 0.717) is 16.8 Å². The van der Waals surface area contributed by atoms with Gasteiger partial charge in [0.15, 0.2) is 5.78 Å². The second kappa shape index (κ2) is 5.75. The van der Waals surface area contributed by atoms with Crippen LogP contribution in [0.5, 0.6) is 0 Å². The lowest BCUT2D eigenvalue weighted by molar-refractivity contribution is -0.111. The molecule has 5 heteroatoms. The fraction of sp³-hybridized carbons (Fsp3) is 0.0714. The minimum absolute atomic E-state index is 0.0711. The van der Waals surface area contributed by atoms with Gasteiger partial charge < -0.3 is 4.84 Å². The first-order chi connectivity index (χ1) is 9.06. The minimum Gasteiger partial charge on any atom is -0.312 e. The highest BCUT2D eigenvalue weighted by Crippen LogP contribution is 2.12. The first kappa shape index (κ1) is 13.4. The molecule has 0 atom stereocenters. The van der Waals surface area contributed by atoms with Crippen LogP contribution in [-0.2, 0) is 9.63 Å². The fourth-order valence-electron chi connectivity index (χ4n) is 1.42. The van der Waals surface area contributed by atoms with Crippen molar-refractivity contribution in [2.75, 3.05) is 0 Å². The van der Waals surface area contributed by atoms with E-state index in [9.17, 15) is 9.59 Å². The lowest BCUT2D eigenvalue weighted by Gasteiger charge is -2.03. The summed E-state index contributed by atoms with van der Waals surface area (Å²) in [6.45, 7) is 1.68. The summed E-state index contributed by atoms with van der Waals surface area (Å²) in [5, 5.41) is 3.71. The van der Waals surface area contributed by atoms with Crippen LogP contribution in [0.4, 0.5) is 0 Å². The molecule has 2 rings (SSSR count). The van der Waals surface area contributed by atoms with E-state index >= 15 is 0 Å². The summed E-state index contributed by atoms with van der Waals surface area (Å²) < 4.78 is 0.877. The van der Waals surface area contributed by atoms with Crippen molar-refractivity contribution in [3.8, 4) is 0 Å². The summed E-state index contributed by atoms with van der Waals surface area (Å²) in [5.74, 6) is -0.616. The molecule has 4 nitrogen and oxygen atoms in total. The topological polar surface area (TPSA) is 55.7 Å². The van der Waals surface area contributed by atoms with Gasteiger partial charge in [-0.25, -0.2) is 4.79 Å². The zero-order valence-corrected chi connectivity index (χ0v) is 11.7. The highest BCUT2D eigenvalue weighted by Gasteiger charge is 2.10. The molecule has 0 radical (unpaired) electrons. The van der Waals surface area contributed by atoms with Crippen LogP contribution in [0, 0.1) is 0 Å². The van der Waals surface area contributed by atoms with Crippen LogP contribution in [0.2, 0.25) is 0 Å². The lowest BCUT2D eigenvalue weighted by Crippen LogP contribution is -2.07. The van der Waals surface area contributed by atoms with Crippen molar-refractivity contribution < 1.29 is 14.4 Å². The van der Waals surface area contributed by atoms with E-state index in [2.05, 4.69) is 21.1 Å².